The fraction of sp³-hybridized carbons (Fsp3) is 0.667. The largest absolute Gasteiger partial charge is 0.379 e. The summed E-state index contributed by atoms with van der Waals surface area (Å²) in [6.07, 6.45) is 6.91. The molecule has 1 saturated heterocycles. The minimum atomic E-state index is 0.740. The molecule has 1 aromatic rings. The molecule has 0 unspecified atom stereocenters. The molecule has 0 N–H and O–H groups in total. The number of nitrogens with zero attached hydrogens (tertiary/aromatic N) is 2. The van der Waals surface area contributed by atoms with Crippen molar-refractivity contribution in [2.24, 2.45) is 0 Å². The van der Waals surface area contributed by atoms with E-state index in [4.69, 9.17) is 4.74 Å². The molecule has 3 heteroatoms. The van der Waals surface area contributed by atoms with Gasteiger partial charge in [-0.2, -0.15) is 0 Å². The van der Waals surface area contributed by atoms with Crippen molar-refractivity contribution in [2.75, 3.05) is 38.3 Å². The summed E-state index contributed by atoms with van der Waals surface area (Å²) in [6.45, 7) is 4.93. The van der Waals surface area contributed by atoms with Gasteiger partial charge in [0.05, 0.1) is 13.2 Å². The van der Waals surface area contributed by atoms with Crippen LogP contribution in [0.4, 0.5) is 5.69 Å². The maximum absolute atomic E-state index is 5.41. The lowest BCUT2D eigenvalue weighted by molar-refractivity contribution is 0.0342. The van der Waals surface area contributed by atoms with E-state index in [1.54, 1.807) is 0 Å². The first kappa shape index (κ1) is 14.9. The Balaban J connectivity index is 1.57. The van der Waals surface area contributed by atoms with Crippen LogP contribution in [0.25, 0.3) is 0 Å². The van der Waals surface area contributed by atoms with Crippen molar-refractivity contribution in [1.82, 2.24) is 4.90 Å². The van der Waals surface area contributed by atoms with Crippen LogP contribution in [0.1, 0.15) is 37.7 Å². The number of hydrogen-bond acceptors (Lipinski definition) is 3. The number of ether oxygens (including phenoxy) is 1. The smallest absolute Gasteiger partial charge is 0.0594 e. The second-order valence-electron chi connectivity index (χ2n) is 6.46. The van der Waals surface area contributed by atoms with E-state index < -0.39 is 0 Å². The van der Waals surface area contributed by atoms with Crippen LogP contribution in [0.15, 0.2) is 24.3 Å². The van der Waals surface area contributed by atoms with E-state index in [9.17, 15) is 0 Å². The van der Waals surface area contributed by atoms with Gasteiger partial charge in [-0.15, -0.1) is 0 Å². The van der Waals surface area contributed by atoms with Crippen molar-refractivity contribution in [2.45, 2.75) is 44.7 Å². The summed E-state index contributed by atoms with van der Waals surface area (Å²) < 4.78 is 5.41. The Morgan fingerprint density at radius 2 is 1.71 bits per heavy atom. The van der Waals surface area contributed by atoms with Crippen molar-refractivity contribution in [3.05, 3.63) is 29.8 Å². The number of morpholine rings is 1. The second-order valence-corrected chi connectivity index (χ2v) is 6.46. The maximum Gasteiger partial charge on any atom is 0.0594 e. The van der Waals surface area contributed by atoms with Crippen LogP contribution < -0.4 is 4.90 Å². The highest BCUT2D eigenvalue weighted by atomic mass is 16.5. The van der Waals surface area contributed by atoms with Crippen LogP contribution in [-0.4, -0.2) is 44.3 Å². The lowest BCUT2D eigenvalue weighted by Crippen LogP contribution is -2.35. The van der Waals surface area contributed by atoms with Gasteiger partial charge in [0.1, 0.15) is 0 Å². The summed E-state index contributed by atoms with van der Waals surface area (Å²) in [5, 5.41) is 0. The van der Waals surface area contributed by atoms with Gasteiger partial charge in [-0.1, -0.05) is 31.4 Å². The Morgan fingerprint density at radius 3 is 2.38 bits per heavy atom. The minimum Gasteiger partial charge on any atom is -0.379 e. The highest BCUT2D eigenvalue weighted by molar-refractivity contribution is 5.47. The molecule has 3 rings (SSSR count). The third-order valence-corrected chi connectivity index (χ3v) is 4.98. The van der Waals surface area contributed by atoms with Crippen LogP contribution in [0.5, 0.6) is 0 Å². The van der Waals surface area contributed by atoms with Crippen LogP contribution >= 0.6 is 0 Å². The lowest BCUT2D eigenvalue weighted by Gasteiger charge is -2.33. The molecule has 116 valence electrons. The van der Waals surface area contributed by atoms with E-state index in [1.807, 2.05) is 0 Å². The summed E-state index contributed by atoms with van der Waals surface area (Å²) in [5.41, 5.74) is 2.78. The predicted octanol–water partition coefficient (Wildman–Crippen LogP) is 3.29. The first-order valence-electron chi connectivity index (χ1n) is 8.45. The maximum atomic E-state index is 5.41. The number of benzene rings is 1. The first-order valence-corrected chi connectivity index (χ1v) is 8.45. The third-order valence-electron chi connectivity index (χ3n) is 4.98. The molecule has 1 aromatic carbocycles. The van der Waals surface area contributed by atoms with E-state index in [2.05, 4.69) is 41.1 Å². The zero-order valence-corrected chi connectivity index (χ0v) is 13.3. The summed E-state index contributed by atoms with van der Waals surface area (Å²) in [5.74, 6) is 0. The molecule has 1 saturated carbocycles. The minimum absolute atomic E-state index is 0.740. The molecule has 0 amide bonds. The summed E-state index contributed by atoms with van der Waals surface area (Å²) in [4.78, 5) is 4.96. The highest BCUT2D eigenvalue weighted by Gasteiger charge is 2.18. The lowest BCUT2D eigenvalue weighted by atomic mass is 9.94. The number of hydrogen-bond donors (Lipinski definition) is 0. The topological polar surface area (TPSA) is 15.7 Å². The van der Waals surface area contributed by atoms with E-state index in [1.165, 1.54) is 43.4 Å². The van der Waals surface area contributed by atoms with Crippen molar-refractivity contribution >= 4 is 5.69 Å². The second kappa shape index (κ2) is 7.28. The molecule has 0 bridgehead atoms. The molecule has 1 aliphatic carbocycles. The highest BCUT2D eigenvalue weighted by Crippen LogP contribution is 2.26. The Labute approximate surface area is 128 Å². The fourth-order valence-electron chi connectivity index (χ4n) is 3.53. The quantitative estimate of drug-likeness (QED) is 0.845. The molecule has 0 atom stereocenters. The van der Waals surface area contributed by atoms with E-state index in [-0.39, 0.29) is 0 Å². The Morgan fingerprint density at radius 1 is 1.05 bits per heavy atom. The van der Waals surface area contributed by atoms with Gasteiger partial charge in [0.25, 0.3) is 0 Å². The molecule has 3 nitrogen and oxygen atoms in total. The van der Waals surface area contributed by atoms with Gasteiger partial charge in [-0.05, 0) is 30.5 Å². The molecule has 2 aliphatic rings. The SMILES string of the molecule is CN(c1ccc(CN2CCOCC2)cc1)C1CCCCC1. The normalized spacial score (nSPS) is 21.4. The molecule has 2 fully saturated rings. The van der Waals surface area contributed by atoms with Crippen LogP contribution in [0, 0.1) is 0 Å². The fourth-order valence-corrected chi connectivity index (χ4v) is 3.53. The summed E-state index contributed by atoms with van der Waals surface area (Å²) in [6, 6.07) is 9.92. The molecule has 0 spiro atoms. The van der Waals surface area contributed by atoms with Crippen LogP contribution in [-0.2, 0) is 11.3 Å². The van der Waals surface area contributed by atoms with Gasteiger partial charge >= 0.3 is 0 Å². The van der Waals surface area contributed by atoms with Gasteiger partial charge in [0.2, 0.25) is 0 Å². The molecular weight excluding hydrogens is 260 g/mol. The average Bonchev–Trinajstić information content (AvgIpc) is 2.57. The number of rotatable bonds is 4. The van der Waals surface area contributed by atoms with E-state index in [0.717, 1.165) is 38.9 Å². The predicted molar refractivity (Wildman–Crippen MR) is 87.8 cm³/mol. The average molecular weight is 288 g/mol. The Bertz CT molecular complexity index is 419. The Kier molecular flexibility index (Phi) is 5.15. The standard InChI is InChI=1S/C18H28N2O/c1-19(17-5-3-2-4-6-17)18-9-7-16(8-10-18)15-20-11-13-21-14-12-20/h7-10,17H,2-6,11-15H2,1H3. The molecule has 1 heterocycles. The molecule has 1 aliphatic heterocycles. The van der Waals surface area contributed by atoms with Gasteiger partial charge in [-0.3, -0.25) is 4.90 Å². The Hall–Kier alpha value is -1.06. The molecule has 0 aromatic heterocycles. The zero-order valence-electron chi connectivity index (χ0n) is 13.3. The summed E-state index contributed by atoms with van der Waals surface area (Å²) in [7, 11) is 2.26. The van der Waals surface area contributed by atoms with Gasteiger partial charge in [0, 0.05) is 38.4 Å². The van der Waals surface area contributed by atoms with Gasteiger partial charge in [-0.25, -0.2) is 0 Å². The van der Waals surface area contributed by atoms with Gasteiger partial charge < -0.3 is 9.64 Å². The van der Waals surface area contributed by atoms with Crippen molar-refractivity contribution in [1.29, 1.82) is 0 Å². The van der Waals surface area contributed by atoms with Crippen molar-refractivity contribution in [3.8, 4) is 0 Å². The first-order chi connectivity index (χ1) is 10.3. The van der Waals surface area contributed by atoms with Crippen molar-refractivity contribution in [3.63, 3.8) is 0 Å². The van der Waals surface area contributed by atoms with Crippen LogP contribution in [0.2, 0.25) is 0 Å². The zero-order chi connectivity index (χ0) is 14.5. The molecule has 0 radical (unpaired) electrons. The summed E-state index contributed by atoms with van der Waals surface area (Å²) >= 11 is 0. The van der Waals surface area contributed by atoms with Crippen LogP contribution in [0.3, 0.4) is 0 Å². The van der Waals surface area contributed by atoms with Crippen molar-refractivity contribution < 1.29 is 4.74 Å². The van der Waals surface area contributed by atoms with Gasteiger partial charge in [0.15, 0.2) is 0 Å². The molecule has 21 heavy (non-hydrogen) atoms. The number of anilines is 1. The third kappa shape index (κ3) is 3.98. The monoisotopic (exact) mass is 288 g/mol. The van der Waals surface area contributed by atoms with E-state index >= 15 is 0 Å². The van der Waals surface area contributed by atoms with E-state index in [0.29, 0.717) is 0 Å². The molecular formula is C18H28N2O.